The standard InChI is InChI=1S/C28H34N4O2/c1-21-8-5-6-12-25(21)27-29-26(34-30-27)20-31-15-7-11-24(19-31)28(33)32-16-13-23(14-17-32)18-22-9-3-2-4-10-22/h2-6,8-10,12,23-24H,7,11,13-20H2,1H3. The molecule has 0 N–H and O–H groups in total. The van der Waals surface area contributed by atoms with Crippen molar-refractivity contribution >= 4 is 5.91 Å². The van der Waals surface area contributed by atoms with Crippen molar-refractivity contribution in [2.75, 3.05) is 26.2 Å². The Hall–Kier alpha value is -2.99. The van der Waals surface area contributed by atoms with Crippen LogP contribution in [0.2, 0.25) is 0 Å². The molecule has 0 spiro atoms. The highest BCUT2D eigenvalue weighted by atomic mass is 16.5. The lowest BCUT2D eigenvalue weighted by molar-refractivity contribution is -0.138. The van der Waals surface area contributed by atoms with Crippen LogP contribution in [0.25, 0.3) is 11.4 Å². The summed E-state index contributed by atoms with van der Waals surface area (Å²) in [6, 6.07) is 18.8. The Morgan fingerprint density at radius 1 is 1.00 bits per heavy atom. The Morgan fingerprint density at radius 3 is 2.56 bits per heavy atom. The van der Waals surface area contributed by atoms with Crippen LogP contribution in [0.1, 0.15) is 42.7 Å². The summed E-state index contributed by atoms with van der Waals surface area (Å²) < 4.78 is 5.55. The maximum Gasteiger partial charge on any atom is 0.241 e. The van der Waals surface area contributed by atoms with Gasteiger partial charge in [0.15, 0.2) is 0 Å². The molecule has 3 heterocycles. The summed E-state index contributed by atoms with van der Waals surface area (Å²) in [6.07, 6.45) is 5.31. The summed E-state index contributed by atoms with van der Waals surface area (Å²) >= 11 is 0. The van der Waals surface area contributed by atoms with Gasteiger partial charge in [0.1, 0.15) is 0 Å². The first-order valence-corrected chi connectivity index (χ1v) is 12.6. The van der Waals surface area contributed by atoms with E-state index in [1.807, 2.05) is 18.2 Å². The van der Waals surface area contributed by atoms with Crippen LogP contribution >= 0.6 is 0 Å². The van der Waals surface area contributed by atoms with E-state index < -0.39 is 0 Å². The molecule has 2 aromatic carbocycles. The van der Waals surface area contributed by atoms with E-state index in [0.717, 1.165) is 69.4 Å². The number of piperidine rings is 2. The van der Waals surface area contributed by atoms with E-state index in [4.69, 9.17) is 4.52 Å². The second-order valence-corrected chi connectivity index (χ2v) is 9.86. The number of amides is 1. The summed E-state index contributed by atoms with van der Waals surface area (Å²) in [5.41, 5.74) is 3.53. The molecule has 0 saturated carbocycles. The molecule has 1 amide bonds. The van der Waals surface area contributed by atoms with E-state index in [2.05, 4.69) is 63.3 Å². The highest BCUT2D eigenvalue weighted by molar-refractivity contribution is 5.79. The predicted octanol–water partition coefficient (Wildman–Crippen LogP) is 4.74. The van der Waals surface area contributed by atoms with Crippen LogP contribution in [0, 0.1) is 18.8 Å². The van der Waals surface area contributed by atoms with Gasteiger partial charge in [-0.1, -0.05) is 59.8 Å². The number of likely N-dealkylation sites (tertiary alicyclic amines) is 2. The van der Waals surface area contributed by atoms with Crippen molar-refractivity contribution in [2.45, 2.75) is 45.6 Å². The number of aryl methyl sites for hydroxylation is 1. The SMILES string of the molecule is Cc1ccccc1-c1noc(CN2CCCC(C(=O)N3CCC(Cc4ccccc4)CC3)C2)n1. The summed E-state index contributed by atoms with van der Waals surface area (Å²) in [7, 11) is 0. The van der Waals surface area contributed by atoms with E-state index in [1.54, 1.807) is 0 Å². The minimum Gasteiger partial charge on any atom is -0.342 e. The monoisotopic (exact) mass is 458 g/mol. The highest BCUT2D eigenvalue weighted by Gasteiger charge is 2.32. The van der Waals surface area contributed by atoms with E-state index in [-0.39, 0.29) is 5.92 Å². The number of hydrogen-bond acceptors (Lipinski definition) is 5. The fraction of sp³-hybridized carbons (Fsp3) is 0.464. The van der Waals surface area contributed by atoms with E-state index >= 15 is 0 Å². The topological polar surface area (TPSA) is 62.5 Å². The van der Waals surface area contributed by atoms with Gasteiger partial charge in [0.2, 0.25) is 17.6 Å². The van der Waals surface area contributed by atoms with Gasteiger partial charge in [-0.25, -0.2) is 0 Å². The number of benzene rings is 2. The molecule has 34 heavy (non-hydrogen) atoms. The van der Waals surface area contributed by atoms with E-state index in [9.17, 15) is 4.79 Å². The third kappa shape index (κ3) is 5.39. The number of aromatic nitrogens is 2. The molecule has 178 valence electrons. The first-order valence-electron chi connectivity index (χ1n) is 12.6. The van der Waals surface area contributed by atoms with Gasteiger partial charge in [-0.2, -0.15) is 4.98 Å². The molecule has 0 bridgehead atoms. The zero-order valence-corrected chi connectivity index (χ0v) is 20.0. The van der Waals surface area contributed by atoms with Crippen LogP contribution in [0.4, 0.5) is 0 Å². The lowest BCUT2D eigenvalue weighted by Crippen LogP contribution is -2.47. The highest BCUT2D eigenvalue weighted by Crippen LogP contribution is 2.26. The molecular formula is C28H34N4O2. The molecular weight excluding hydrogens is 424 g/mol. The number of nitrogens with zero attached hydrogens (tertiary/aromatic N) is 4. The van der Waals surface area contributed by atoms with E-state index in [0.29, 0.717) is 30.1 Å². The fourth-order valence-corrected chi connectivity index (χ4v) is 5.41. The molecule has 2 aliphatic heterocycles. The van der Waals surface area contributed by atoms with Crippen molar-refractivity contribution in [3.63, 3.8) is 0 Å². The lowest BCUT2D eigenvalue weighted by Gasteiger charge is -2.37. The zero-order chi connectivity index (χ0) is 23.3. The molecule has 1 unspecified atom stereocenters. The third-order valence-corrected chi connectivity index (χ3v) is 7.36. The maximum atomic E-state index is 13.3. The fourth-order valence-electron chi connectivity index (χ4n) is 5.41. The first kappa shape index (κ1) is 22.8. The Kier molecular flexibility index (Phi) is 7.05. The van der Waals surface area contributed by atoms with Gasteiger partial charge in [0, 0.05) is 25.2 Å². The van der Waals surface area contributed by atoms with Crippen LogP contribution in [0.15, 0.2) is 59.1 Å². The minimum atomic E-state index is 0.0678. The van der Waals surface area contributed by atoms with Gasteiger partial charge in [-0.05, 0) is 62.6 Å². The van der Waals surface area contributed by atoms with E-state index in [1.165, 1.54) is 5.56 Å². The van der Waals surface area contributed by atoms with Crippen molar-refractivity contribution in [3.8, 4) is 11.4 Å². The molecule has 1 aromatic heterocycles. The van der Waals surface area contributed by atoms with Crippen molar-refractivity contribution in [1.29, 1.82) is 0 Å². The average Bonchev–Trinajstić information content (AvgIpc) is 3.33. The normalized spacial score (nSPS) is 19.9. The summed E-state index contributed by atoms with van der Waals surface area (Å²) in [5.74, 6) is 2.32. The van der Waals surface area contributed by atoms with Crippen molar-refractivity contribution < 1.29 is 9.32 Å². The number of carbonyl (C=O) groups excluding carboxylic acids is 1. The van der Waals surface area contributed by atoms with Crippen molar-refractivity contribution in [2.24, 2.45) is 11.8 Å². The zero-order valence-electron chi connectivity index (χ0n) is 20.0. The number of hydrogen-bond donors (Lipinski definition) is 0. The third-order valence-electron chi connectivity index (χ3n) is 7.36. The average molecular weight is 459 g/mol. The first-order chi connectivity index (χ1) is 16.7. The maximum absolute atomic E-state index is 13.3. The molecule has 5 rings (SSSR count). The molecule has 0 aliphatic carbocycles. The summed E-state index contributed by atoms with van der Waals surface area (Å²) in [4.78, 5) is 22.3. The minimum absolute atomic E-state index is 0.0678. The van der Waals surface area contributed by atoms with Gasteiger partial charge in [-0.3, -0.25) is 9.69 Å². The number of rotatable bonds is 6. The van der Waals surface area contributed by atoms with Gasteiger partial charge in [0.25, 0.3) is 0 Å². The second-order valence-electron chi connectivity index (χ2n) is 9.86. The largest absolute Gasteiger partial charge is 0.342 e. The summed E-state index contributed by atoms with van der Waals surface area (Å²) in [5, 5.41) is 4.19. The number of carbonyl (C=O) groups is 1. The lowest BCUT2D eigenvalue weighted by atomic mass is 9.89. The Balaban J connectivity index is 1.13. The predicted molar refractivity (Wildman–Crippen MR) is 132 cm³/mol. The Morgan fingerprint density at radius 2 is 1.76 bits per heavy atom. The van der Waals surface area contributed by atoms with Gasteiger partial charge in [-0.15, -0.1) is 0 Å². The molecule has 2 aliphatic rings. The van der Waals surface area contributed by atoms with Crippen LogP contribution in [0.3, 0.4) is 0 Å². The quantitative estimate of drug-likeness (QED) is 0.534. The molecule has 6 heteroatoms. The Bertz CT molecular complexity index is 1090. The van der Waals surface area contributed by atoms with Crippen molar-refractivity contribution in [3.05, 3.63) is 71.6 Å². The summed E-state index contributed by atoms with van der Waals surface area (Å²) in [6.45, 7) is 6.15. The molecule has 6 nitrogen and oxygen atoms in total. The van der Waals surface area contributed by atoms with Gasteiger partial charge < -0.3 is 9.42 Å². The molecule has 2 saturated heterocycles. The van der Waals surface area contributed by atoms with Crippen molar-refractivity contribution in [1.82, 2.24) is 19.9 Å². The Labute approximate surface area is 202 Å². The van der Waals surface area contributed by atoms with Gasteiger partial charge >= 0.3 is 0 Å². The molecule has 1 atom stereocenters. The van der Waals surface area contributed by atoms with Crippen LogP contribution in [-0.2, 0) is 17.8 Å². The smallest absolute Gasteiger partial charge is 0.241 e. The van der Waals surface area contributed by atoms with Crippen LogP contribution < -0.4 is 0 Å². The van der Waals surface area contributed by atoms with Crippen LogP contribution in [0.5, 0.6) is 0 Å². The van der Waals surface area contributed by atoms with Crippen LogP contribution in [-0.4, -0.2) is 52.0 Å². The molecule has 3 aromatic rings. The van der Waals surface area contributed by atoms with Gasteiger partial charge in [0.05, 0.1) is 12.5 Å². The molecule has 2 fully saturated rings. The second kappa shape index (κ2) is 10.5. The molecule has 0 radical (unpaired) electrons.